The lowest BCUT2D eigenvalue weighted by molar-refractivity contribution is -0.131. The summed E-state index contributed by atoms with van der Waals surface area (Å²) in [5, 5.41) is 8.99. The van der Waals surface area contributed by atoms with Crippen molar-refractivity contribution in [1.29, 1.82) is 5.26 Å². The van der Waals surface area contributed by atoms with Gasteiger partial charge in [-0.2, -0.15) is 5.26 Å². The Labute approximate surface area is 164 Å². The summed E-state index contributed by atoms with van der Waals surface area (Å²) >= 11 is 0. The highest BCUT2D eigenvalue weighted by Crippen LogP contribution is 2.15. The predicted molar refractivity (Wildman–Crippen MR) is 104 cm³/mol. The number of sulfonamides is 1. The lowest BCUT2D eigenvalue weighted by Crippen LogP contribution is -2.49. The smallest absolute Gasteiger partial charge is 0.240 e. The summed E-state index contributed by atoms with van der Waals surface area (Å²) in [5.74, 6) is 0.635. The molecule has 0 atom stereocenters. The van der Waals surface area contributed by atoms with E-state index in [0.717, 1.165) is 5.82 Å². The topological polar surface area (TPSA) is 106 Å². The van der Waals surface area contributed by atoms with Crippen LogP contribution in [0.4, 0.5) is 5.82 Å². The maximum absolute atomic E-state index is 12.4. The Morgan fingerprint density at radius 2 is 1.86 bits per heavy atom. The van der Waals surface area contributed by atoms with Gasteiger partial charge in [0.1, 0.15) is 5.82 Å². The molecule has 28 heavy (non-hydrogen) atoms. The minimum atomic E-state index is -3.60. The van der Waals surface area contributed by atoms with E-state index in [1.807, 2.05) is 4.90 Å². The Balaban J connectivity index is 1.47. The first-order chi connectivity index (χ1) is 13.5. The van der Waals surface area contributed by atoms with E-state index in [1.54, 1.807) is 41.4 Å². The molecule has 1 aromatic heterocycles. The summed E-state index contributed by atoms with van der Waals surface area (Å²) in [6, 6.07) is 13.6. The fraction of sp³-hybridized carbons (Fsp3) is 0.316. The molecule has 1 N–H and O–H groups in total. The molecule has 1 fully saturated rings. The largest absolute Gasteiger partial charge is 0.353 e. The standard InChI is InChI=1S/C19H21N5O3S/c20-15-16-6-8-21-18(14-16)23-10-12-24(13-11-23)19(25)7-9-22-28(26,27)17-4-2-1-3-5-17/h1-6,8,14,22H,7,9-13H2. The predicted octanol–water partition coefficient (Wildman–Crippen LogP) is 0.970. The third-order valence-corrected chi connectivity index (χ3v) is 5.99. The number of nitrogens with one attached hydrogen (secondary N) is 1. The Morgan fingerprint density at radius 3 is 2.54 bits per heavy atom. The first-order valence-electron chi connectivity index (χ1n) is 8.93. The third kappa shape index (κ3) is 4.85. The van der Waals surface area contributed by atoms with Crippen LogP contribution in [-0.2, 0) is 14.8 Å². The van der Waals surface area contributed by atoms with Crippen molar-refractivity contribution >= 4 is 21.7 Å². The second kappa shape index (κ2) is 8.82. The maximum Gasteiger partial charge on any atom is 0.240 e. The van der Waals surface area contributed by atoms with Gasteiger partial charge in [-0.25, -0.2) is 18.1 Å². The number of hydrogen-bond acceptors (Lipinski definition) is 6. The van der Waals surface area contributed by atoms with Crippen LogP contribution in [0, 0.1) is 11.3 Å². The van der Waals surface area contributed by atoms with Crippen LogP contribution in [0.25, 0.3) is 0 Å². The number of anilines is 1. The molecule has 0 saturated carbocycles. The molecular weight excluding hydrogens is 378 g/mol. The summed E-state index contributed by atoms with van der Waals surface area (Å²) in [7, 11) is -3.60. The SMILES string of the molecule is N#Cc1ccnc(N2CCN(C(=O)CCNS(=O)(=O)c3ccccc3)CC2)c1. The summed E-state index contributed by atoms with van der Waals surface area (Å²) in [4.78, 5) is 20.6. The second-order valence-corrected chi connectivity index (χ2v) is 8.11. The van der Waals surface area contributed by atoms with Crippen molar-refractivity contribution in [3.05, 3.63) is 54.2 Å². The van der Waals surface area contributed by atoms with Gasteiger partial charge < -0.3 is 9.80 Å². The van der Waals surface area contributed by atoms with Crippen molar-refractivity contribution < 1.29 is 13.2 Å². The van der Waals surface area contributed by atoms with Crippen molar-refractivity contribution in [3.8, 4) is 6.07 Å². The number of nitrogens with zero attached hydrogens (tertiary/aromatic N) is 4. The van der Waals surface area contributed by atoms with Crippen molar-refractivity contribution in [2.45, 2.75) is 11.3 Å². The first-order valence-corrected chi connectivity index (χ1v) is 10.4. The molecule has 9 heteroatoms. The minimum Gasteiger partial charge on any atom is -0.353 e. The quantitative estimate of drug-likeness (QED) is 0.776. The number of aromatic nitrogens is 1. The van der Waals surface area contributed by atoms with Crippen LogP contribution in [-0.4, -0.2) is 56.9 Å². The minimum absolute atomic E-state index is 0.0576. The first kappa shape index (κ1) is 19.8. The zero-order chi connectivity index (χ0) is 20.0. The Morgan fingerprint density at radius 1 is 1.14 bits per heavy atom. The molecule has 0 bridgehead atoms. The number of hydrogen-bond donors (Lipinski definition) is 1. The molecule has 2 heterocycles. The van der Waals surface area contributed by atoms with Crippen molar-refractivity contribution in [2.75, 3.05) is 37.6 Å². The molecule has 0 aliphatic carbocycles. The average molecular weight is 399 g/mol. The van der Waals surface area contributed by atoms with Crippen molar-refractivity contribution in [1.82, 2.24) is 14.6 Å². The number of amides is 1. The van der Waals surface area contributed by atoms with Gasteiger partial charge in [0.25, 0.3) is 0 Å². The van der Waals surface area contributed by atoms with Crippen LogP contribution < -0.4 is 9.62 Å². The maximum atomic E-state index is 12.4. The molecule has 0 spiro atoms. The molecule has 146 valence electrons. The van der Waals surface area contributed by atoms with Crippen LogP contribution in [0.2, 0.25) is 0 Å². The lowest BCUT2D eigenvalue weighted by atomic mass is 10.2. The number of rotatable bonds is 6. The highest BCUT2D eigenvalue weighted by molar-refractivity contribution is 7.89. The zero-order valence-electron chi connectivity index (χ0n) is 15.3. The molecule has 0 radical (unpaired) electrons. The summed E-state index contributed by atoms with van der Waals surface area (Å²) < 4.78 is 26.8. The number of carbonyl (C=O) groups is 1. The highest BCUT2D eigenvalue weighted by Gasteiger charge is 2.22. The number of benzene rings is 1. The van der Waals surface area contributed by atoms with E-state index in [1.165, 1.54) is 12.1 Å². The fourth-order valence-electron chi connectivity index (χ4n) is 2.98. The van der Waals surface area contributed by atoms with E-state index in [9.17, 15) is 13.2 Å². The van der Waals surface area contributed by atoms with Gasteiger partial charge in [-0.3, -0.25) is 4.79 Å². The number of piperazine rings is 1. The lowest BCUT2D eigenvalue weighted by Gasteiger charge is -2.35. The molecule has 1 aromatic carbocycles. The van der Waals surface area contributed by atoms with E-state index >= 15 is 0 Å². The molecular formula is C19H21N5O3S. The third-order valence-electron chi connectivity index (χ3n) is 4.52. The van der Waals surface area contributed by atoms with Gasteiger partial charge >= 0.3 is 0 Å². The van der Waals surface area contributed by atoms with E-state index in [4.69, 9.17) is 5.26 Å². The molecule has 2 aromatic rings. The zero-order valence-corrected chi connectivity index (χ0v) is 16.1. The summed E-state index contributed by atoms with van der Waals surface area (Å²) in [6.07, 6.45) is 1.71. The van der Waals surface area contributed by atoms with Gasteiger partial charge in [0.15, 0.2) is 0 Å². The Hall–Kier alpha value is -2.96. The highest BCUT2D eigenvalue weighted by atomic mass is 32.2. The van der Waals surface area contributed by atoms with Crippen LogP contribution in [0.15, 0.2) is 53.6 Å². The molecule has 1 aliphatic heterocycles. The van der Waals surface area contributed by atoms with E-state index in [2.05, 4.69) is 15.8 Å². The molecule has 0 unspecified atom stereocenters. The van der Waals surface area contributed by atoms with E-state index in [-0.39, 0.29) is 23.8 Å². The number of carbonyl (C=O) groups excluding carboxylic acids is 1. The number of pyridine rings is 1. The van der Waals surface area contributed by atoms with Crippen molar-refractivity contribution in [3.63, 3.8) is 0 Å². The Kier molecular flexibility index (Phi) is 6.23. The Bertz CT molecular complexity index is 965. The summed E-state index contributed by atoms with van der Waals surface area (Å²) in [5.41, 5.74) is 0.550. The van der Waals surface area contributed by atoms with Crippen LogP contribution in [0.1, 0.15) is 12.0 Å². The van der Waals surface area contributed by atoms with Gasteiger partial charge in [-0.05, 0) is 24.3 Å². The van der Waals surface area contributed by atoms with E-state index < -0.39 is 10.0 Å². The molecule has 8 nitrogen and oxygen atoms in total. The number of nitriles is 1. The monoisotopic (exact) mass is 399 g/mol. The second-order valence-electron chi connectivity index (χ2n) is 6.34. The van der Waals surface area contributed by atoms with Gasteiger partial charge in [-0.1, -0.05) is 18.2 Å². The van der Waals surface area contributed by atoms with Gasteiger partial charge in [-0.15, -0.1) is 0 Å². The van der Waals surface area contributed by atoms with Gasteiger partial charge in [0.2, 0.25) is 15.9 Å². The normalized spacial score (nSPS) is 14.5. The average Bonchev–Trinajstić information content (AvgIpc) is 2.74. The van der Waals surface area contributed by atoms with Gasteiger partial charge in [0.05, 0.1) is 16.5 Å². The molecule has 1 saturated heterocycles. The molecule has 1 aliphatic rings. The van der Waals surface area contributed by atoms with Crippen molar-refractivity contribution in [2.24, 2.45) is 0 Å². The van der Waals surface area contributed by atoms with Gasteiger partial charge in [0, 0.05) is 45.3 Å². The summed E-state index contributed by atoms with van der Waals surface area (Å²) in [6.45, 7) is 2.35. The van der Waals surface area contributed by atoms with Crippen LogP contribution >= 0.6 is 0 Å². The fourth-order valence-corrected chi connectivity index (χ4v) is 4.03. The van der Waals surface area contributed by atoms with Crippen LogP contribution in [0.5, 0.6) is 0 Å². The molecule has 3 rings (SSSR count). The van der Waals surface area contributed by atoms with Crippen LogP contribution in [0.3, 0.4) is 0 Å². The van der Waals surface area contributed by atoms with E-state index in [0.29, 0.717) is 31.7 Å². The molecule has 1 amide bonds.